The molecule has 2 amide bonds. The third-order valence-electron chi connectivity index (χ3n) is 10.00. The largest absolute Gasteiger partial charge is 0.462 e. The molecule has 2 unspecified atom stereocenters. The molecule has 3 aliphatic heterocycles. The zero-order valence-electron chi connectivity index (χ0n) is 28.1. The highest BCUT2D eigenvalue weighted by Crippen LogP contribution is 2.37. The number of likely N-dealkylation sites (tertiary alicyclic amines) is 1. The number of likely N-dealkylation sites (N-methyl/N-ethyl adjacent to an activating group) is 1. The van der Waals surface area contributed by atoms with Crippen LogP contribution in [-0.2, 0) is 29.1 Å². The van der Waals surface area contributed by atoms with Crippen LogP contribution in [0.4, 0.5) is 16.3 Å². The molecule has 258 valence electrons. The maximum absolute atomic E-state index is 13.9. The van der Waals surface area contributed by atoms with Crippen LogP contribution < -0.4 is 14.5 Å². The molecule has 0 saturated carbocycles. The Kier molecular flexibility index (Phi) is 10.0. The molecule has 0 spiro atoms. The minimum absolute atomic E-state index is 0.0373. The number of aromatic nitrogens is 2. The molecule has 7 rings (SSSR count). The second-order valence-corrected chi connectivity index (χ2v) is 13.5. The van der Waals surface area contributed by atoms with Crippen LogP contribution in [0.25, 0.3) is 10.8 Å². The van der Waals surface area contributed by atoms with Gasteiger partial charge in [0, 0.05) is 43.0 Å². The number of halogens is 1. The number of amides is 2. The number of carbonyl (C=O) groups excluding carboxylic acids is 2. The van der Waals surface area contributed by atoms with E-state index in [1.54, 1.807) is 9.80 Å². The summed E-state index contributed by atoms with van der Waals surface area (Å²) < 4.78 is 12.0. The molecule has 0 bridgehead atoms. The van der Waals surface area contributed by atoms with E-state index in [0.29, 0.717) is 49.2 Å². The minimum atomic E-state index is -0.449. The Bertz CT molecular complexity index is 1910. The van der Waals surface area contributed by atoms with Crippen molar-refractivity contribution >= 4 is 45.9 Å². The van der Waals surface area contributed by atoms with Gasteiger partial charge in [0.15, 0.2) is 0 Å². The van der Waals surface area contributed by atoms with Crippen molar-refractivity contribution in [2.24, 2.45) is 0 Å². The number of anilines is 2. The van der Waals surface area contributed by atoms with Gasteiger partial charge in [0.05, 0.1) is 41.5 Å². The summed E-state index contributed by atoms with van der Waals surface area (Å²) in [5.74, 6) is 0.639. The molecular weight excluding hydrogens is 654 g/mol. The van der Waals surface area contributed by atoms with Gasteiger partial charge in [-0.1, -0.05) is 66.2 Å². The quantitative estimate of drug-likeness (QED) is 0.220. The van der Waals surface area contributed by atoms with E-state index in [1.165, 1.54) is 0 Å². The van der Waals surface area contributed by atoms with Gasteiger partial charge in [-0.2, -0.15) is 15.2 Å². The monoisotopic (exact) mass is 693 g/mol. The predicted molar refractivity (Wildman–Crippen MR) is 191 cm³/mol. The van der Waals surface area contributed by atoms with Crippen LogP contribution in [0.1, 0.15) is 42.5 Å². The number of piperazine rings is 1. The van der Waals surface area contributed by atoms with Gasteiger partial charge in [0.25, 0.3) is 0 Å². The van der Waals surface area contributed by atoms with E-state index in [9.17, 15) is 14.9 Å². The molecule has 11 nitrogen and oxygen atoms in total. The van der Waals surface area contributed by atoms with E-state index < -0.39 is 12.1 Å². The first-order valence-corrected chi connectivity index (χ1v) is 17.6. The first kappa shape index (κ1) is 33.6. The molecule has 3 aromatic carbocycles. The number of hydrogen-bond acceptors (Lipinski definition) is 9. The smallest absolute Gasteiger partial charge is 0.410 e. The molecule has 0 aliphatic carbocycles. The zero-order valence-corrected chi connectivity index (χ0v) is 28.9. The lowest BCUT2D eigenvalue weighted by atomic mass is 10.1. The lowest BCUT2D eigenvalue weighted by Crippen LogP contribution is -2.55. The van der Waals surface area contributed by atoms with Gasteiger partial charge in [0.1, 0.15) is 19.0 Å². The SMILES string of the molecule is CN1CCCC1COc1nc2c(c(N3CCN(C(=O)OCc4ccccc4)C(CC#N)C3)n1)CCC(=O)N(c1cccc3cccc(Cl)c13)C2. The number of fused-ring (bicyclic) bond motifs is 2. The summed E-state index contributed by atoms with van der Waals surface area (Å²) in [7, 11) is 2.10. The molecule has 0 radical (unpaired) electrons. The number of nitrogens with zero attached hydrogens (tertiary/aromatic N) is 7. The van der Waals surface area contributed by atoms with E-state index in [1.807, 2.05) is 66.7 Å². The van der Waals surface area contributed by atoms with Crippen molar-refractivity contribution in [3.8, 4) is 12.1 Å². The molecule has 12 heteroatoms. The molecule has 50 heavy (non-hydrogen) atoms. The summed E-state index contributed by atoms with van der Waals surface area (Å²) in [6.07, 6.45) is 2.53. The lowest BCUT2D eigenvalue weighted by Gasteiger charge is -2.41. The number of ether oxygens (including phenoxy) is 2. The van der Waals surface area contributed by atoms with Gasteiger partial charge >= 0.3 is 12.1 Å². The zero-order chi connectivity index (χ0) is 34.6. The number of hydrogen-bond donors (Lipinski definition) is 0. The van der Waals surface area contributed by atoms with E-state index in [0.717, 1.165) is 47.0 Å². The molecule has 2 fully saturated rings. The van der Waals surface area contributed by atoms with Crippen molar-refractivity contribution in [1.82, 2.24) is 19.8 Å². The highest BCUT2D eigenvalue weighted by atomic mass is 35.5. The summed E-state index contributed by atoms with van der Waals surface area (Å²) in [6, 6.07) is 23.5. The first-order valence-electron chi connectivity index (χ1n) is 17.2. The minimum Gasteiger partial charge on any atom is -0.462 e. The molecular formula is C38H40ClN7O4. The Morgan fingerprint density at radius 3 is 2.60 bits per heavy atom. The summed E-state index contributed by atoms with van der Waals surface area (Å²) in [6.45, 7) is 3.04. The van der Waals surface area contributed by atoms with Gasteiger partial charge in [-0.05, 0) is 55.9 Å². The van der Waals surface area contributed by atoms with Crippen molar-refractivity contribution in [2.75, 3.05) is 49.6 Å². The second kappa shape index (κ2) is 14.9. The fraction of sp³-hybridized carbons (Fsp3) is 0.395. The topological polar surface area (TPSA) is 115 Å². The first-order chi connectivity index (χ1) is 24.4. The maximum Gasteiger partial charge on any atom is 0.410 e. The lowest BCUT2D eigenvalue weighted by molar-refractivity contribution is -0.118. The third kappa shape index (κ3) is 7.04. The number of nitriles is 1. The normalized spacial score (nSPS) is 19.6. The summed E-state index contributed by atoms with van der Waals surface area (Å²) in [5.41, 5.74) is 3.21. The average molecular weight is 694 g/mol. The molecule has 0 N–H and O–H groups in total. The average Bonchev–Trinajstić information content (AvgIpc) is 3.47. The van der Waals surface area contributed by atoms with Crippen LogP contribution in [0.3, 0.4) is 0 Å². The number of benzene rings is 3. The van der Waals surface area contributed by atoms with E-state index in [2.05, 4.69) is 22.9 Å². The van der Waals surface area contributed by atoms with E-state index >= 15 is 0 Å². The van der Waals surface area contributed by atoms with Crippen molar-refractivity contribution < 1.29 is 19.1 Å². The van der Waals surface area contributed by atoms with E-state index in [-0.39, 0.29) is 44.0 Å². The second-order valence-electron chi connectivity index (χ2n) is 13.1. The Hall–Kier alpha value is -4.92. The number of carbonyl (C=O) groups is 2. The molecule has 2 saturated heterocycles. The van der Waals surface area contributed by atoms with Crippen LogP contribution in [0.5, 0.6) is 6.01 Å². The van der Waals surface area contributed by atoms with Crippen molar-refractivity contribution in [1.29, 1.82) is 5.26 Å². The van der Waals surface area contributed by atoms with Crippen molar-refractivity contribution in [3.63, 3.8) is 0 Å². The van der Waals surface area contributed by atoms with Gasteiger partial charge in [-0.3, -0.25) is 4.79 Å². The fourth-order valence-corrected chi connectivity index (χ4v) is 7.54. The van der Waals surface area contributed by atoms with Crippen LogP contribution in [-0.4, -0.2) is 83.7 Å². The van der Waals surface area contributed by atoms with E-state index in [4.69, 9.17) is 31.0 Å². The van der Waals surface area contributed by atoms with Crippen LogP contribution in [0.2, 0.25) is 5.02 Å². The van der Waals surface area contributed by atoms with Crippen LogP contribution in [0.15, 0.2) is 66.7 Å². The standard InChI is InChI=1S/C38H40ClN7O4/c1-43-19-7-12-29(43)25-49-37-41-32-23-46(33-14-6-11-27-10-5-13-31(39)35(27)33)34(47)16-15-30(32)36(42-37)44-20-21-45(28(22-44)17-18-40)38(48)50-24-26-8-3-2-4-9-26/h2-6,8-11,13-14,28-29H,7,12,15-17,19-25H2,1H3. The molecule has 3 aliphatic rings. The summed E-state index contributed by atoms with van der Waals surface area (Å²) >= 11 is 6.71. The summed E-state index contributed by atoms with van der Waals surface area (Å²) in [4.78, 5) is 44.8. The highest BCUT2D eigenvalue weighted by molar-refractivity contribution is 6.37. The Morgan fingerprint density at radius 1 is 1.00 bits per heavy atom. The third-order valence-corrected chi connectivity index (χ3v) is 10.3. The van der Waals surface area contributed by atoms with Crippen LogP contribution >= 0.6 is 11.6 Å². The van der Waals surface area contributed by atoms with Gasteiger partial charge < -0.3 is 29.1 Å². The maximum atomic E-state index is 13.9. The fourth-order valence-electron chi connectivity index (χ4n) is 7.26. The van der Waals surface area contributed by atoms with Gasteiger partial charge in [0.2, 0.25) is 5.91 Å². The molecule has 2 atom stereocenters. The molecule has 1 aromatic heterocycles. The Morgan fingerprint density at radius 2 is 1.82 bits per heavy atom. The van der Waals surface area contributed by atoms with Crippen molar-refractivity contribution in [3.05, 3.63) is 88.6 Å². The van der Waals surface area contributed by atoms with Gasteiger partial charge in [-0.15, -0.1) is 0 Å². The Labute approximate surface area is 297 Å². The highest BCUT2D eigenvalue weighted by Gasteiger charge is 2.35. The summed E-state index contributed by atoms with van der Waals surface area (Å²) in [5, 5.41) is 12.1. The van der Waals surface area contributed by atoms with Gasteiger partial charge in [-0.25, -0.2) is 4.79 Å². The molecule has 4 aromatic rings. The Balaban J connectivity index is 1.20. The molecule has 4 heterocycles. The predicted octanol–water partition coefficient (Wildman–Crippen LogP) is 5.98. The van der Waals surface area contributed by atoms with Crippen LogP contribution in [0, 0.1) is 11.3 Å². The van der Waals surface area contributed by atoms with Crippen molar-refractivity contribution in [2.45, 2.75) is 57.3 Å². The number of rotatable bonds is 8.